The van der Waals surface area contributed by atoms with Crippen molar-refractivity contribution in [1.29, 1.82) is 0 Å². The molecular formula is C14H14BrNO3. The molecule has 0 unspecified atom stereocenters. The maximum atomic E-state index is 11.9. The minimum Gasteiger partial charge on any atom is -0.492 e. The number of halogens is 1. The highest BCUT2D eigenvalue weighted by atomic mass is 79.9. The normalized spacial score (nSPS) is 10.2. The molecular weight excluding hydrogens is 310 g/mol. The molecule has 0 fully saturated rings. The fourth-order valence-corrected chi connectivity index (χ4v) is 1.79. The van der Waals surface area contributed by atoms with Gasteiger partial charge >= 0.3 is 0 Å². The Morgan fingerprint density at radius 1 is 1.32 bits per heavy atom. The molecule has 4 nitrogen and oxygen atoms in total. The minimum atomic E-state index is -0.149. The molecule has 1 aromatic carbocycles. The second kappa shape index (κ2) is 6.43. The molecule has 1 aromatic heterocycles. The summed E-state index contributed by atoms with van der Waals surface area (Å²) in [6.45, 7) is 0.931. The van der Waals surface area contributed by atoms with Crippen molar-refractivity contribution in [2.75, 3.05) is 20.2 Å². The number of carbonyl (C=O) groups excluding carboxylic acids is 1. The second-order valence-corrected chi connectivity index (χ2v) is 4.92. The fraction of sp³-hybridized carbons (Fsp3) is 0.214. The largest absolute Gasteiger partial charge is 0.492 e. The lowest BCUT2D eigenvalue weighted by molar-refractivity contribution is 0.0742. The van der Waals surface area contributed by atoms with Crippen LogP contribution in [0.2, 0.25) is 0 Å². The van der Waals surface area contributed by atoms with Crippen LogP contribution in [0.1, 0.15) is 10.6 Å². The number of hydrogen-bond donors (Lipinski definition) is 0. The monoisotopic (exact) mass is 323 g/mol. The van der Waals surface area contributed by atoms with Crippen molar-refractivity contribution in [3.8, 4) is 5.75 Å². The molecule has 0 N–H and O–H groups in total. The van der Waals surface area contributed by atoms with Gasteiger partial charge in [0.15, 0.2) is 5.76 Å². The first-order chi connectivity index (χ1) is 9.16. The number of furan rings is 1. The van der Waals surface area contributed by atoms with Crippen LogP contribution < -0.4 is 4.74 Å². The third-order valence-electron chi connectivity index (χ3n) is 2.59. The molecule has 0 aliphatic rings. The van der Waals surface area contributed by atoms with Gasteiger partial charge < -0.3 is 14.1 Å². The maximum Gasteiger partial charge on any atom is 0.289 e. The molecule has 0 radical (unpaired) electrons. The molecule has 0 aliphatic carbocycles. The smallest absolute Gasteiger partial charge is 0.289 e. The van der Waals surface area contributed by atoms with Crippen LogP contribution in [-0.2, 0) is 0 Å². The van der Waals surface area contributed by atoms with Crippen molar-refractivity contribution in [1.82, 2.24) is 4.90 Å². The Bertz CT molecular complexity index is 522. The van der Waals surface area contributed by atoms with Crippen LogP contribution >= 0.6 is 15.9 Å². The molecule has 0 bridgehead atoms. The van der Waals surface area contributed by atoms with Crippen molar-refractivity contribution in [3.63, 3.8) is 0 Å². The van der Waals surface area contributed by atoms with Gasteiger partial charge in [-0.15, -0.1) is 0 Å². The molecule has 19 heavy (non-hydrogen) atoms. The van der Waals surface area contributed by atoms with E-state index in [0.717, 1.165) is 10.2 Å². The first-order valence-electron chi connectivity index (χ1n) is 5.84. The second-order valence-electron chi connectivity index (χ2n) is 4.01. The summed E-state index contributed by atoms with van der Waals surface area (Å²) in [5.41, 5.74) is 0. The third kappa shape index (κ3) is 3.86. The van der Waals surface area contributed by atoms with E-state index in [2.05, 4.69) is 15.9 Å². The van der Waals surface area contributed by atoms with Gasteiger partial charge in [-0.05, 0) is 36.4 Å². The van der Waals surface area contributed by atoms with E-state index in [1.165, 1.54) is 6.26 Å². The summed E-state index contributed by atoms with van der Waals surface area (Å²) in [5, 5.41) is 0. The van der Waals surface area contributed by atoms with E-state index in [4.69, 9.17) is 9.15 Å². The SMILES string of the molecule is CN(CCOc1ccc(Br)cc1)C(=O)c1ccco1. The van der Waals surface area contributed by atoms with Crippen molar-refractivity contribution >= 4 is 21.8 Å². The number of ether oxygens (including phenoxy) is 1. The first-order valence-corrected chi connectivity index (χ1v) is 6.63. The lowest BCUT2D eigenvalue weighted by atomic mass is 10.3. The molecule has 0 saturated heterocycles. The number of carbonyl (C=O) groups is 1. The van der Waals surface area contributed by atoms with E-state index in [1.807, 2.05) is 24.3 Å². The topological polar surface area (TPSA) is 42.7 Å². The molecule has 0 atom stereocenters. The highest BCUT2D eigenvalue weighted by Gasteiger charge is 2.13. The highest BCUT2D eigenvalue weighted by Crippen LogP contribution is 2.16. The minimum absolute atomic E-state index is 0.149. The van der Waals surface area contributed by atoms with Gasteiger partial charge in [0.2, 0.25) is 0 Å². The Labute approximate surface area is 120 Å². The number of likely N-dealkylation sites (N-methyl/N-ethyl adjacent to an activating group) is 1. The zero-order valence-electron chi connectivity index (χ0n) is 10.5. The standard InChI is InChI=1S/C14H14BrNO3/c1-16(14(17)13-3-2-9-19-13)8-10-18-12-6-4-11(15)5-7-12/h2-7,9H,8,10H2,1H3. The average molecular weight is 324 g/mol. The van der Waals surface area contributed by atoms with Crippen molar-refractivity contribution in [2.24, 2.45) is 0 Å². The molecule has 0 spiro atoms. The van der Waals surface area contributed by atoms with Gasteiger partial charge in [-0.25, -0.2) is 0 Å². The lowest BCUT2D eigenvalue weighted by Gasteiger charge is -2.16. The van der Waals surface area contributed by atoms with Gasteiger partial charge in [0.25, 0.3) is 5.91 Å². The predicted molar refractivity (Wildman–Crippen MR) is 75.3 cm³/mol. The van der Waals surface area contributed by atoms with Gasteiger partial charge in [0, 0.05) is 11.5 Å². The van der Waals surface area contributed by atoms with Crippen LogP contribution in [0.4, 0.5) is 0 Å². The molecule has 0 aliphatic heterocycles. The van der Waals surface area contributed by atoms with Crippen LogP contribution in [-0.4, -0.2) is 31.0 Å². The van der Waals surface area contributed by atoms with Gasteiger partial charge in [-0.1, -0.05) is 15.9 Å². The van der Waals surface area contributed by atoms with E-state index in [0.29, 0.717) is 18.9 Å². The van der Waals surface area contributed by atoms with E-state index in [1.54, 1.807) is 24.1 Å². The molecule has 1 amide bonds. The van der Waals surface area contributed by atoms with Crippen molar-refractivity contribution in [3.05, 3.63) is 52.9 Å². The molecule has 0 saturated carbocycles. The van der Waals surface area contributed by atoms with Crippen LogP contribution in [0.5, 0.6) is 5.75 Å². The fourth-order valence-electron chi connectivity index (χ4n) is 1.52. The molecule has 2 rings (SSSR count). The van der Waals surface area contributed by atoms with Crippen LogP contribution in [0.25, 0.3) is 0 Å². The Hall–Kier alpha value is -1.75. The van der Waals surface area contributed by atoms with Crippen molar-refractivity contribution in [2.45, 2.75) is 0 Å². The van der Waals surface area contributed by atoms with Gasteiger partial charge in [0.1, 0.15) is 12.4 Å². The van der Waals surface area contributed by atoms with E-state index in [-0.39, 0.29) is 5.91 Å². The summed E-state index contributed by atoms with van der Waals surface area (Å²) >= 11 is 3.36. The molecule has 1 heterocycles. The number of nitrogens with zero attached hydrogens (tertiary/aromatic N) is 1. The molecule has 5 heteroatoms. The lowest BCUT2D eigenvalue weighted by Crippen LogP contribution is -2.30. The van der Waals surface area contributed by atoms with Gasteiger partial charge in [-0.3, -0.25) is 4.79 Å². The number of rotatable bonds is 5. The van der Waals surface area contributed by atoms with Crippen molar-refractivity contribution < 1.29 is 13.9 Å². The van der Waals surface area contributed by atoms with Crippen LogP contribution in [0.15, 0.2) is 51.6 Å². The Morgan fingerprint density at radius 3 is 2.68 bits per heavy atom. The van der Waals surface area contributed by atoms with Gasteiger partial charge in [0.05, 0.1) is 12.8 Å². The summed E-state index contributed by atoms with van der Waals surface area (Å²) in [7, 11) is 1.72. The zero-order chi connectivity index (χ0) is 13.7. The zero-order valence-corrected chi connectivity index (χ0v) is 12.1. The summed E-state index contributed by atoms with van der Waals surface area (Å²) in [5.74, 6) is 0.970. The number of benzene rings is 1. The Balaban J connectivity index is 1.79. The third-order valence-corrected chi connectivity index (χ3v) is 3.12. The number of hydrogen-bond acceptors (Lipinski definition) is 3. The van der Waals surface area contributed by atoms with E-state index < -0.39 is 0 Å². The van der Waals surface area contributed by atoms with Crippen LogP contribution in [0, 0.1) is 0 Å². The molecule has 100 valence electrons. The summed E-state index contributed by atoms with van der Waals surface area (Å²) < 4.78 is 11.6. The average Bonchev–Trinajstić information content (AvgIpc) is 2.94. The molecule has 2 aromatic rings. The van der Waals surface area contributed by atoms with Gasteiger partial charge in [-0.2, -0.15) is 0 Å². The first kappa shape index (κ1) is 13.7. The quantitative estimate of drug-likeness (QED) is 0.848. The Kier molecular flexibility index (Phi) is 4.63. The van der Waals surface area contributed by atoms with Crippen LogP contribution in [0.3, 0.4) is 0 Å². The summed E-state index contributed by atoms with van der Waals surface area (Å²) in [6.07, 6.45) is 1.49. The summed E-state index contributed by atoms with van der Waals surface area (Å²) in [6, 6.07) is 10.9. The van der Waals surface area contributed by atoms with E-state index >= 15 is 0 Å². The van der Waals surface area contributed by atoms with E-state index in [9.17, 15) is 4.79 Å². The number of amides is 1. The summed E-state index contributed by atoms with van der Waals surface area (Å²) in [4.78, 5) is 13.4. The highest BCUT2D eigenvalue weighted by molar-refractivity contribution is 9.10. The maximum absolute atomic E-state index is 11.9. The predicted octanol–water partition coefficient (Wildman–Crippen LogP) is 3.19. The Morgan fingerprint density at radius 2 is 2.05 bits per heavy atom.